The van der Waals surface area contributed by atoms with Crippen molar-refractivity contribution >= 4 is 17.5 Å². The van der Waals surface area contributed by atoms with E-state index in [4.69, 9.17) is 9.61 Å². The average molecular weight is 634 g/mol. The Hall–Kier alpha value is -3.62. The maximum Gasteiger partial charge on any atom is 0.276 e. The van der Waals surface area contributed by atoms with Crippen molar-refractivity contribution in [1.82, 2.24) is 35.5 Å². The van der Waals surface area contributed by atoms with Crippen molar-refractivity contribution < 1.29 is 36.9 Å². The fourth-order valence-electron chi connectivity index (χ4n) is 6.78. The van der Waals surface area contributed by atoms with Gasteiger partial charge in [0.2, 0.25) is 17.8 Å². The van der Waals surface area contributed by atoms with Gasteiger partial charge in [-0.25, -0.2) is 31.7 Å². The monoisotopic (exact) mass is 633 g/mol. The molecule has 3 heterocycles. The van der Waals surface area contributed by atoms with Gasteiger partial charge in [-0.3, -0.25) is 9.59 Å². The zero-order chi connectivity index (χ0) is 31.5. The van der Waals surface area contributed by atoms with Crippen LogP contribution in [0.15, 0.2) is 23.1 Å². The van der Waals surface area contributed by atoms with Gasteiger partial charge in [0.05, 0.1) is 30.2 Å². The van der Waals surface area contributed by atoms with Crippen LogP contribution in [0.1, 0.15) is 116 Å². The summed E-state index contributed by atoms with van der Waals surface area (Å²) < 4.78 is 61.0. The van der Waals surface area contributed by atoms with Crippen LogP contribution >= 0.6 is 0 Å². The topological polar surface area (TPSA) is 148 Å². The third-order valence-corrected chi connectivity index (χ3v) is 9.69. The van der Waals surface area contributed by atoms with Crippen LogP contribution in [0.25, 0.3) is 5.65 Å². The number of carbonyl (C=O) groups excluding carboxylic acids is 2. The van der Waals surface area contributed by atoms with E-state index in [0.29, 0.717) is 11.3 Å². The number of imidazole rings is 1. The number of nitrogens with zero attached hydrogens (tertiary/aromatic N) is 5. The van der Waals surface area contributed by atoms with Crippen LogP contribution in [0.3, 0.4) is 0 Å². The second kappa shape index (κ2) is 11.3. The van der Waals surface area contributed by atoms with Crippen molar-refractivity contribution in [2.45, 2.75) is 101 Å². The van der Waals surface area contributed by atoms with Gasteiger partial charge in [-0.2, -0.15) is 5.10 Å². The van der Waals surface area contributed by atoms with Crippen LogP contribution in [-0.4, -0.2) is 53.7 Å². The molecule has 11 nitrogen and oxygen atoms in total. The third kappa shape index (κ3) is 6.54. The predicted octanol–water partition coefficient (Wildman–Crippen LogP) is 4.86. The SMILES string of the molecule is O=C(CC1CC(F)(F)C1)N[C@@H](c1cnn2cc(C(NC(=O)c3nonc3[C@@H](O)C3CC3)C3CCC(F)(F)CC3)nc2c1)C1CC1. The normalized spacial score (nSPS) is 23.7. The first kappa shape index (κ1) is 30.1. The molecule has 0 aliphatic heterocycles. The molecule has 4 fully saturated rings. The first-order valence-electron chi connectivity index (χ1n) is 15.7. The van der Waals surface area contributed by atoms with E-state index in [2.05, 4.69) is 26.0 Å². The van der Waals surface area contributed by atoms with E-state index in [1.165, 1.54) is 4.52 Å². The molecule has 0 aromatic carbocycles. The van der Waals surface area contributed by atoms with Crippen molar-refractivity contribution in [1.29, 1.82) is 0 Å². The Morgan fingerprint density at radius 2 is 1.64 bits per heavy atom. The summed E-state index contributed by atoms with van der Waals surface area (Å²) in [4.78, 5) is 30.9. The minimum atomic E-state index is -2.78. The van der Waals surface area contributed by atoms with E-state index in [-0.39, 0.29) is 92.0 Å². The van der Waals surface area contributed by atoms with Crippen molar-refractivity contribution in [2.24, 2.45) is 23.7 Å². The highest BCUT2D eigenvalue weighted by Gasteiger charge is 2.46. The standard InChI is InChI=1S/C30H35F4N7O4/c31-29(32)7-5-17(6-8-29)24(38-28(44)26-25(39-45-40-26)27(43)18-3-4-18)20-14-41-21(36-20)10-19(13-35-41)23(16-1-2-16)37-22(42)9-15-11-30(33,34)12-15/h10,13-18,23-24,27,43H,1-9,11-12H2,(H,37,42)(H,38,44)/t23-,24?,27+/m1/s1. The van der Waals surface area contributed by atoms with Gasteiger partial charge >= 0.3 is 0 Å². The molecular weight excluding hydrogens is 598 g/mol. The predicted molar refractivity (Wildman–Crippen MR) is 148 cm³/mol. The summed E-state index contributed by atoms with van der Waals surface area (Å²) >= 11 is 0. The van der Waals surface area contributed by atoms with Gasteiger partial charge < -0.3 is 15.7 Å². The van der Waals surface area contributed by atoms with Gasteiger partial charge in [-0.05, 0) is 79.0 Å². The number of hydrogen-bond acceptors (Lipinski definition) is 8. The fourth-order valence-corrected chi connectivity index (χ4v) is 6.78. The van der Waals surface area contributed by atoms with Crippen molar-refractivity contribution in [2.75, 3.05) is 0 Å². The maximum absolute atomic E-state index is 14.1. The first-order chi connectivity index (χ1) is 21.4. The Morgan fingerprint density at radius 1 is 0.956 bits per heavy atom. The maximum atomic E-state index is 14.1. The lowest BCUT2D eigenvalue weighted by Gasteiger charge is -2.34. The number of hydrogen-bond donors (Lipinski definition) is 3. The molecule has 0 radical (unpaired) electrons. The molecule has 3 N–H and O–H groups in total. The number of rotatable bonds is 11. The fraction of sp³-hybridized carbons (Fsp3) is 0.667. The van der Waals surface area contributed by atoms with Gasteiger partial charge in [0.15, 0.2) is 11.3 Å². The number of halogens is 4. The van der Waals surface area contributed by atoms with Crippen LogP contribution in [0.4, 0.5) is 17.6 Å². The van der Waals surface area contributed by atoms with Gasteiger partial charge in [-0.15, -0.1) is 0 Å². The molecule has 0 bridgehead atoms. The zero-order valence-electron chi connectivity index (χ0n) is 24.5. The molecule has 242 valence electrons. The number of aliphatic hydroxyl groups excluding tert-OH is 1. The molecule has 0 spiro atoms. The Bertz CT molecular complexity index is 1570. The van der Waals surface area contributed by atoms with Crippen LogP contribution < -0.4 is 10.6 Å². The summed E-state index contributed by atoms with van der Waals surface area (Å²) in [6.45, 7) is 0. The van der Waals surface area contributed by atoms with Crippen LogP contribution in [-0.2, 0) is 4.79 Å². The van der Waals surface area contributed by atoms with E-state index >= 15 is 0 Å². The quantitative estimate of drug-likeness (QED) is 0.254. The second-order valence-electron chi connectivity index (χ2n) is 13.4. The molecule has 7 rings (SSSR count). The number of carbonyl (C=O) groups is 2. The number of aliphatic hydroxyl groups is 1. The highest BCUT2D eigenvalue weighted by Crippen LogP contribution is 2.46. The minimum absolute atomic E-state index is 0.0225. The number of aromatic nitrogens is 5. The number of fused-ring (bicyclic) bond motifs is 1. The molecule has 2 amide bonds. The molecule has 3 aromatic heterocycles. The Morgan fingerprint density at radius 3 is 2.31 bits per heavy atom. The van der Waals surface area contributed by atoms with Crippen molar-refractivity contribution in [3.05, 3.63) is 41.1 Å². The summed E-state index contributed by atoms with van der Waals surface area (Å²) in [6.07, 6.45) is 4.86. The third-order valence-electron chi connectivity index (χ3n) is 9.69. The summed E-state index contributed by atoms with van der Waals surface area (Å²) in [5, 5.41) is 28.5. The summed E-state index contributed by atoms with van der Waals surface area (Å²) in [6, 6.07) is 0.681. The Labute approximate surface area is 255 Å². The van der Waals surface area contributed by atoms with E-state index in [0.717, 1.165) is 31.2 Å². The molecule has 1 unspecified atom stereocenters. The van der Waals surface area contributed by atoms with Gasteiger partial charge in [0.1, 0.15) is 11.8 Å². The van der Waals surface area contributed by atoms with Crippen LogP contribution in [0.2, 0.25) is 0 Å². The number of nitrogens with one attached hydrogen (secondary N) is 2. The summed E-state index contributed by atoms with van der Waals surface area (Å²) in [5.74, 6) is -6.90. The zero-order valence-corrected chi connectivity index (χ0v) is 24.5. The molecule has 4 aliphatic carbocycles. The lowest BCUT2D eigenvalue weighted by molar-refractivity contribution is -0.134. The lowest BCUT2D eigenvalue weighted by atomic mass is 9.79. The van der Waals surface area contributed by atoms with E-state index in [1.54, 1.807) is 18.5 Å². The van der Waals surface area contributed by atoms with E-state index in [9.17, 15) is 32.3 Å². The van der Waals surface area contributed by atoms with Crippen LogP contribution in [0.5, 0.6) is 0 Å². The minimum Gasteiger partial charge on any atom is -0.386 e. The summed E-state index contributed by atoms with van der Waals surface area (Å²) in [5.41, 5.74) is 1.47. The molecule has 3 aromatic rings. The van der Waals surface area contributed by atoms with E-state index < -0.39 is 29.9 Å². The highest BCUT2D eigenvalue weighted by molar-refractivity contribution is 5.93. The molecule has 4 saturated carbocycles. The molecule has 15 heteroatoms. The first-order valence-corrected chi connectivity index (χ1v) is 15.7. The number of amides is 2. The van der Waals surface area contributed by atoms with Crippen LogP contribution in [0, 0.1) is 23.7 Å². The average Bonchev–Trinajstić information content (AvgIpc) is 3.91. The lowest BCUT2D eigenvalue weighted by Crippen LogP contribution is -2.39. The smallest absolute Gasteiger partial charge is 0.276 e. The Balaban J connectivity index is 1.12. The molecule has 3 atom stereocenters. The van der Waals surface area contributed by atoms with Gasteiger partial charge in [0.25, 0.3) is 5.91 Å². The molecule has 4 aliphatic rings. The van der Waals surface area contributed by atoms with Gasteiger partial charge in [0, 0.05) is 32.1 Å². The van der Waals surface area contributed by atoms with Crippen molar-refractivity contribution in [3.63, 3.8) is 0 Å². The Kier molecular flexibility index (Phi) is 7.56. The summed E-state index contributed by atoms with van der Waals surface area (Å²) in [7, 11) is 0. The largest absolute Gasteiger partial charge is 0.386 e. The number of alkyl halides is 4. The van der Waals surface area contributed by atoms with Crippen molar-refractivity contribution in [3.8, 4) is 0 Å². The second-order valence-corrected chi connectivity index (χ2v) is 13.4. The molecule has 0 saturated heterocycles. The highest BCUT2D eigenvalue weighted by atomic mass is 19.3. The molecule has 45 heavy (non-hydrogen) atoms. The molecular formula is C30H35F4N7O4. The van der Waals surface area contributed by atoms with Gasteiger partial charge in [-0.1, -0.05) is 5.16 Å². The van der Waals surface area contributed by atoms with E-state index in [1.807, 2.05) is 0 Å².